The fourth-order valence-corrected chi connectivity index (χ4v) is 5.34. The summed E-state index contributed by atoms with van der Waals surface area (Å²) in [6, 6.07) is 35.8. The van der Waals surface area contributed by atoms with Crippen LogP contribution in [0.3, 0.4) is 0 Å². The molecule has 0 saturated heterocycles. The lowest BCUT2D eigenvalue weighted by Crippen LogP contribution is -2.13. The second kappa shape index (κ2) is 15.5. The first-order valence-corrected chi connectivity index (χ1v) is 15.8. The van der Waals surface area contributed by atoms with Crippen LogP contribution in [0, 0.1) is 5.92 Å². The number of aliphatic hydroxyl groups is 1. The molecule has 0 amide bonds. The maximum Gasteiger partial charge on any atom is 0.519 e. The van der Waals surface area contributed by atoms with Crippen LogP contribution in [-0.2, 0) is 19.3 Å². The van der Waals surface area contributed by atoms with Crippen LogP contribution in [0.2, 0.25) is 0 Å². The van der Waals surface area contributed by atoms with E-state index in [1.807, 2.05) is 72.8 Å². The molecule has 246 valence electrons. The summed E-state index contributed by atoms with van der Waals surface area (Å²) in [7, 11) is 0. The van der Waals surface area contributed by atoms with Crippen LogP contribution < -0.4 is 18.9 Å². The van der Waals surface area contributed by atoms with E-state index >= 15 is 0 Å². The molecule has 1 atom stereocenters. The van der Waals surface area contributed by atoms with Crippen LogP contribution in [-0.4, -0.2) is 22.5 Å². The van der Waals surface area contributed by atoms with Gasteiger partial charge < -0.3 is 29.2 Å². The number of aliphatic hydroxyl groups excluding tert-OH is 1. The predicted molar refractivity (Wildman–Crippen MR) is 184 cm³/mol. The number of carbonyl (C=O) groups excluding carboxylic acids is 2. The average molecular weight is 655 g/mol. The molecule has 5 aromatic rings. The molecule has 1 unspecified atom stereocenters. The molecule has 0 heterocycles. The Kier molecular flexibility index (Phi) is 10.4. The van der Waals surface area contributed by atoms with Gasteiger partial charge in [-0.15, -0.1) is 0 Å². The van der Waals surface area contributed by atoms with E-state index in [4.69, 9.17) is 18.9 Å². The topological polar surface area (TPSA) is 112 Å². The number of hydrogen-bond acceptors (Lipinski definition) is 8. The van der Waals surface area contributed by atoms with Gasteiger partial charge in [0.05, 0.1) is 0 Å². The van der Waals surface area contributed by atoms with Gasteiger partial charge in [-0.3, -0.25) is 0 Å². The summed E-state index contributed by atoms with van der Waals surface area (Å²) in [5, 5.41) is 18.9. The zero-order chi connectivity index (χ0) is 34.0. The summed E-state index contributed by atoms with van der Waals surface area (Å²) in [4.78, 5) is 24.7. The second-order valence-corrected chi connectivity index (χ2v) is 11.7. The van der Waals surface area contributed by atoms with Gasteiger partial charge in [0.2, 0.25) is 0 Å². The Morgan fingerprint density at radius 2 is 0.857 bits per heavy atom. The molecule has 8 heteroatoms. The molecule has 0 aromatic heterocycles. The smallest absolute Gasteiger partial charge is 0.508 e. The highest BCUT2D eigenvalue weighted by molar-refractivity contribution is 5.67. The lowest BCUT2D eigenvalue weighted by atomic mass is 9.93. The molecule has 1 aliphatic rings. The van der Waals surface area contributed by atoms with Crippen molar-refractivity contribution >= 4 is 12.3 Å². The zero-order valence-electron chi connectivity index (χ0n) is 26.5. The number of carbonyl (C=O) groups is 2. The number of aromatic hydroxyl groups is 1. The Hall–Kier alpha value is -6.28. The Balaban J connectivity index is 0.923. The monoisotopic (exact) mass is 654 g/mol. The maximum absolute atomic E-state index is 12.3. The van der Waals surface area contributed by atoms with Crippen LogP contribution in [0.25, 0.3) is 0 Å². The average Bonchev–Trinajstić information content (AvgIpc) is 3.10. The minimum Gasteiger partial charge on any atom is -0.508 e. The van der Waals surface area contributed by atoms with Crippen molar-refractivity contribution < 1.29 is 38.7 Å². The minimum atomic E-state index is -0.835. The molecule has 2 N–H and O–H groups in total. The third-order valence-electron chi connectivity index (χ3n) is 7.92. The van der Waals surface area contributed by atoms with Crippen LogP contribution in [0.4, 0.5) is 9.59 Å². The molecular formula is C41H34O8. The van der Waals surface area contributed by atoms with E-state index in [-0.39, 0.29) is 5.75 Å². The van der Waals surface area contributed by atoms with E-state index in [9.17, 15) is 19.8 Å². The van der Waals surface area contributed by atoms with E-state index in [1.54, 1.807) is 66.7 Å². The summed E-state index contributed by atoms with van der Waals surface area (Å²) in [6.45, 7) is 0. The van der Waals surface area contributed by atoms with Crippen molar-refractivity contribution in [1.82, 2.24) is 0 Å². The molecule has 0 radical (unpaired) electrons. The first-order chi connectivity index (χ1) is 23.8. The summed E-state index contributed by atoms with van der Waals surface area (Å²) in [6.07, 6.45) is 6.78. The van der Waals surface area contributed by atoms with Gasteiger partial charge in [0.15, 0.2) is 0 Å². The number of phenolic OH excluding ortho intramolecular Hbond substituents is 1. The van der Waals surface area contributed by atoms with Gasteiger partial charge in [0, 0.05) is 0 Å². The largest absolute Gasteiger partial charge is 0.519 e. The van der Waals surface area contributed by atoms with Crippen LogP contribution >= 0.6 is 0 Å². The highest BCUT2D eigenvalue weighted by atomic mass is 16.7. The maximum atomic E-state index is 12.3. The van der Waals surface area contributed by atoms with E-state index in [0.29, 0.717) is 47.5 Å². The number of ether oxygens (including phenoxy) is 4. The standard InChI is InChI=1S/C41H34O8/c42-34-13-1-28(2-14-34)25-30-5-17-36(18-6-30)46-40(44)48-38-21-9-32(10-22-38)27-33-11-23-39(24-12-33)49-41(45)47-37-19-7-31(8-20-37)26-29-3-15-35(43)16-4-29/h1-3,5-24,29,42-43H,4,25-27H2. The van der Waals surface area contributed by atoms with Crippen LogP contribution in [0.5, 0.6) is 28.7 Å². The summed E-state index contributed by atoms with van der Waals surface area (Å²) < 4.78 is 21.3. The van der Waals surface area contributed by atoms with E-state index in [1.165, 1.54) is 0 Å². The molecule has 6 rings (SSSR count). The molecule has 8 nitrogen and oxygen atoms in total. The van der Waals surface area contributed by atoms with Crippen molar-refractivity contribution in [1.29, 1.82) is 0 Å². The highest BCUT2D eigenvalue weighted by Gasteiger charge is 2.12. The zero-order valence-corrected chi connectivity index (χ0v) is 26.5. The Morgan fingerprint density at radius 1 is 0.510 bits per heavy atom. The molecule has 0 spiro atoms. The number of rotatable bonds is 10. The molecule has 5 aromatic carbocycles. The quantitative estimate of drug-likeness (QED) is 0.113. The van der Waals surface area contributed by atoms with Gasteiger partial charge in [-0.25, -0.2) is 9.59 Å². The summed E-state index contributed by atoms with van der Waals surface area (Å²) in [5.41, 5.74) is 5.19. The van der Waals surface area contributed by atoms with Gasteiger partial charge in [0.25, 0.3) is 0 Å². The molecular weight excluding hydrogens is 620 g/mol. The van der Waals surface area contributed by atoms with Gasteiger partial charge in [-0.2, -0.15) is 0 Å². The molecule has 0 saturated carbocycles. The van der Waals surface area contributed by atoms with Crippen LogP contribution in [0.1, 0.15) is 34.2 Å². The van der Waals surface area contributed by atoms with Crippen molar-refractivity contribution in [2.24, 2.45) is 5.92 Å². The van der Waals surface area contributed by atoms with Gasteiger partial charge in [0.1, 0.15) is 34.5 Å². The molecule has 0 aliphatic heterocycles. The van der Waals surface area contributed by atoms with Crippen molar-refractivity contribution in [3.63, 3.8) is 0 Å². The molecule has 1 aliphatic carbocycles. The molecule has 49 heavy (non-hydrogen) atoms. The van der Waals surface area contributed by atoms with Crippen molar-refractivity contribution in [2.75, 3.05) is 0 Å². The number of allylic oxidation sites excluding steroid dienone is 3. The molecule has 0 fully saturated rings. The highest BCUT2D eigenvalue weighted by Crippen LogP contribution is 2.23. The Morgan fingerprint density at radius 3 is 1.20 bits per heavy atom. The first kappa shape index (κ1) is 32.7. The lowest BCUT2D eigenvalue weighted by Gasteiger charge is -2.14. The van der Waals surface area contributed by atoms with E-state index in [0.717, 1.165) is 40.7 Å². The SMILES string of the molecule is O=C(Oc1ccc(Cc2ccc(O)cc2)cc1)Oc1ccc(Cc2ccc(OC(=O)Oc3ccc(CC4C=CC(O)=CC4)cc3)cc2)cc1. The Bertz CT molecular complexity index is 1920. The second-order valence-electron chi connectivity index (χ2n) is 11.7. The van der Waals surface area contributed by atoms with Crippen molar-refractivity contribution in [3.05, 3.63) is 173 Å². The van der Waals surface area contributed by atoms with Gasteiger partial charge >= 0.3 is 12.3 Å². The predicted octanol–water partition coefficient (Wildman–Crippen LogP) is 9.29. The number of benzene rings is 5. The normalized spacial score (nSPS) is 13.6. The fourth-order valence-electron chi connectivity index (χ4n) is 5.34. The first-order valence-electron chi connectivity index (χ1n) is 15.8. The number of hydrogen-bond donors (Lipinski definition) is 2. The van der Waals surface area contributed by atoms with Crippen molar-refractivity contribution in [3.8, 4) is 28.7 Å². The fraction of sp³-hybridized carbons (Fsp3) is 0.122. The summed E-state index contributed by atoms with van der Waals surface area (Å²) in [5.74, 6) is 2.32. The lowest BCUT2D eigenvalue weighted by molar-refractivity contribution is 0.150. The number of phenols is 1. The van der Waals surface area contributed by atoms with Gasteiger partial charge in [-0.1, -0.05) is 66.7 Å². The van der Waals surface area contributed by atoms with E-state index < -0.39 is 12.3 Å². The minimum absolute atomic E-state index is 0.226. The third-order valence-corrected chi connectivity index (χ3v) is 7.92. The van der Waals surface area contributed by atoms with Crippen LogP contribution in [0.15, 0.2) is 145 Å². The van der Waals surface area contributed by atoms with Crippen molar-refractivity contribution in [2.45, 2.75) is 25.7 Å². The summed E-state index contributed by atoms with van der Waals surface area (Å²) >= 11 is 0. The molecule has 0 bridgehead atoms. The van der Waals surface area contributed by atoms with Gasteiger partial charge in [-0.05, 0) is 132 Å². The van der Waals surface area contributed by atoms with E-state index in [2.05, 4.69) is 0 Å². The Labute approximate surface area is 284 Å². The third kappa shape index (κ3) is 9.86.